The number of carbonyl (C=O) groups is 2. The van der Waals surface area contributed by atoms with Gasteiger partial charge in [0, 0.05) is 12.1 Å². The molecule has 0 aromatic heterocycles. The van der Waals surface area contributed by atoms with Crippen LogP contribution in [0.3, 0.4) is 0 Å². The average molecular weight is 337 g/mol. The predicted molar refractivity (Wildman–Crippen MR) is 98.4 cm³/mol. The summed E-state index contributed by atoms with van der Waals surface area (Å²) in [6, 6.07) is 17.4. The van der Waals surface area contributed by atoms with Gasteiger partial charge in [-0.3, -0.25) is 9.59 Å². The van der Waals surface area contributed by atoms with Crippen molar-refractivity contribution in [3.63, 3.8) is 0 Å². The summed E-state index contributed by atoms with van der Waals surface area (Å²) >= 11 is 0. The SMILES string of the molecule is C[C@H](NCC(=O)Nc1ccccc1C(=O)NC1CC1)c1ccccc1. The Morgan fingerprint density at radius 2 is 1.72 bits per heavy atom. The highest BCUT2D eigenvalue weighted by Gasteiger charge is 2.25. The third-order valence-electron chi connectivity index (χ3n) is 4.23. The second-order valence-electron chi connectivity index (χ2n) is 6.35. The van der Waals surface area contributed by atoms with Gasteiger partial charge in [0.25, 0.3) is 5.91 Å². The van der Waals surface area contributed by atoms with E-state index in [2.05, 4.69) is 16.0 Å². The first kappa shape index (κ1) is 17.2. The van der Waals surface area contributed by atoms with Crippen molar-refractivity contribution in [1.29, 1.82) is 0 Å². The minimum atomic E-state index is -0.172. The lowest BCUT2D eigenvalue weighted by Crippen LogP contribution is -2.31. The van der Waals surface area contributed by atoms with E-state index in [9.17, 15) is 9.59 Å². The van der Waals surface area contributed by atoms with E-state index < -0.39 is 0 Å². The van der Waals surface area contributed by atoms with E-state index in [1.807, 2.05) is 43.3 Å². The number of amides is 2. The van der Waals surface area contributed by atoms with Gasteiger partial charge in [-0.25, -0.2) is 0 Å². The third-order valence-corrected chi connectivity index (χ3v) is 4.23. The van der Waals surface area contributed by atoms with Crippen LogP contribution >= 0.6 is 0 Å². The van der Waals surface area contributed by atoms with Crippen LogP contribution in [0.1, 0.15) is 41.7 Å². The van der Waals surface area contributed by atoms with Gasteiger partial charge in [-0.05, 0) is 37.5 Å². The van der Waals surface area contributed by atoms with Gasteiger partial charge in [0.1, 0.15) is 0 Å². The fourth-order valence-electron chi connectivity index (χ4n) is 2.58. The van der Waals surface area contributed by atoms with Gasteiger partial charge in [0.05, 0.1) is 17.8 Å². The quantitative estimate of drug-likeness (QED) is 0.727. The molecule has 3 rings (SSSR count). The molecule has 5 nitrogen and oxygen atoms in total. The van der Waals surface area contributed by atoms with Crippen LogP contribution in [0.5, 0.6) is 0 Å². The zero-order valence-corrected chi connectivity index (χ0v) is 14.3. The molecule has 2 aromatic rings. The van der Waals surface area contributed by atoms with E-state index in [0.29, 0.717) is 11.3 Å². The molecule has 0 spiro atoms. The van der Waals surface area contributed by atoms with Crippen molar-refractivity contribution in [1.82, 2.24) is 10.6 Å². The molecule has 0 radical (unpaired) electrons. The number of para-hydroxylation sites is 1. The molecule has 2 amide bonds. The van der Waals surface area contributed by atoms with E-state index in [1.54, 1.807) is 18.2 Å². The van der Waals surface area contributed by atoms with Gasteiger partial charge in [-0.1, -0.05) is 42.5 Å². The van der Waals surface area contributed by atoms with Crippen molar-refractivity contribution >= 4 is 17.5 Å². The Morgan fingerprint density at radius 1 is 1.04 bits per heavy atom. The molecule has 1 atom stereocenters. The van der Waals surface area contributed by atoms with Gasteiger partial charge in [-0.2, -0.15) is 0 Å². The molecule has 130 valence electrons. The van der Waals surface area contributed by atoms with Crippen LogP contribution < -0.4 is 16.0 Å². The largest absolute Gasteiger partial charge is 0.349 e. The fourth-order valence-corrected chi connectivity index (χ4v) is 2.58. The molecule has 0 bridgehead atoms. The Bertz CT molecular complexity index is 742. The predicted octanol–water partition coefficient (Wildman–Crippen LogP) is 2.87. The summed E-state index contributed by atoms with van der Waals surface area (Å²) in [5.41, 5.74) is 2.16. The first-order chi connectivity index (χ1) is 12.1. The normalized spacial score (nSPS) is 14.6. The number of rotatable bonds is 7. The van der Waals surface area contributed by atoms with Gasteiger partial charge in [0.15, 0.2) is 0 Å². The molecule has 1 saturated carbocycles. The summed E-state index contributed by atoms with van der Waals surface area (Å²) < 4.78 is 0. The van der Waals surface area contributed by atoms with E-state index in [-0.39, 0.29) is 30.4 Å². The highest BCUT2D eigenvalue weighted by Crippen LogP contribution is 2.21. The summed E-state index contributed by atoms with van der Waals surface area (Å²) in [5.74, 6) is -0.307. The number of benzene rings is 2. The van der Waals surface area contributed by atoms with Gasteiger partial charge >= 0.3 is 0 Å². The summed E-state index contributed by atoms with van der Waals surface area (Å²) in [5, 5.41) is 8.98. The van der Waals surface area contributed by atoms with Crippen LogP contribution in [-0.4, -0.2) is 24.4 Å². The maximum absolute atomic E-state index is 12.3. The molecule has 1 fully saturated rings. The van der Waals surface area contributed by atoms with Gasteiger partial charge < -0.3 is 16.0 Å². The van der Waals surface area contributed by atoms with Crippen molar-refractivity contribution in [3.8, 4) is 0 Å². The fraction of sp³-hybridized carbons (Fsp3) is 0.300. The minimum absolute atomic E-state index is 0.0698. The molecule has 0 unspecified atom stereocenters. The molecular formula is C20H23N3O2. The summed E-state index contributed by atoms with van der Waals surface area (Å²) in [6.45, 7) is 2.19. The molecule has 0 heterocycles. The van der Waals surface area contributed by atoms with E-state index in [4.69, 9.17) is 0 Å². The maximum atomic E-state index is 12.3. The molecule has 3 N–H and O–H groups in total. The highest BCUT2D eigenvalue weighted by molar-refractivity contribution is 6.04. The lowest BCUT2D eigenvalue weighted by molar-refractivity contribution is -0.115. The molecule has 1 aliphatic rings. The van der Waals surface area contributed by atoms with Gasteiger partial charge in [-0.15, -0.1) is 0 Å². The standard InChI is InChI=1S/C20H23N3O2/c1-14(15-7-3-2-4-8-15)21-13-19(24)23-18-10-6-5-9-17(18)20(25)22-16-11-12-16/h2-10,14,16,21H,11-13H2,1H3,(H,22,25)(H,23,24)/t14-/m0/s1. The van der Waals surface area contributed by atoms with Gasteiger partial charge in [0.2, 0.25) is 5.91 Å². The molecule has 0 aliphatic heterocycles. The molecule has 0 saturated heterocycles. The van der Waals surface area contributed by atoms with E-state index >= 15 is 0 Å². The zero-order valence-electron chi connectivity index (χ0n) is 14.3. The topological polar surface area (TPSA) is 70.2 Å². The second-order valence-corrected chi connectivity index (χ2v) is 6.35. The number of hydrogen-bond donors (Lipinski definition) is 3. The zero-order chi connectivity index (χ0) is 17.6. The second kappa shape index (κ2) is 7.94. The summed E-state index contributed by atoms with van der Waals surface area (Å²) in [4.78, 5) is 24.5. The molecule has 5 heteroatoms. The average Bonchev–Trinajstić information content (AvgIpc) is 3.45. The number of hydrogen-bond acceptors (Lipinski definition) is 3. The van der Waals surface area contributed by atoms with Crippen molar-refractivity contribution in [2.45, 2.75) is 31.8 Å². The molecular weight excluding hydrogens is 314 g/mol. The van der Waals surface area contributed by atoms with Crippen molar-refractivity contribution in [2.24, 2.45) is 0 Å². The summed E-state index contributed by atoms with van der Waals surface area (Å²) in [6.07, 6.45) is 2.06. The first-order valence-electron chi connectivity index (χ1n) is 8.61. The Labute approximate surface area is 147 Å². The van der Waals surface area contributed by atoms with E-state index in [1.165, 1.54) is 0 Å². The van der Waals surface area contributed by atoms with Crippen LogP contribution in [0, 0.1) is 0 Å². The van der Waals surface area contributed by atoms with Crippen molar-refractivity contribution < 1.29 is 9.59 Å². The van der Waals surface area contributed by atoms with Crippen LogP contribution in [0.15, 0.2) is 54.6 Å². The summed E-state index contributed by atoms with van der Waals surface area (Å²) in [7, 11) is 0. The lowest BCUT2D eigenvalue weighted by Gasteiger charge is -2.15. The number of nitrogens with one attached hydrogen (secondary N) is 3. The molecule has 25 heavy (non-hydrogen) atoms. The third kappa shape index (κ3) is 4.90. The molecule has 2 aromatic carbocycles. The lowest BCUT2D eigenvalue weighted by atomic mass is 10.1. The van der Waals surface area contributed by atoms with Crippen LogP contribution in [0.4, 0.5) is 5.69 Å². The van der Waals surface area contributed by atoms with Crippen molar-refractivity contribution in [3.05, 3.63) is 65.7 Å². The number of carbonyl (C=O) groups excluding carboxylic acids is 2. The first-order valence-corrected chi connectivity index (χ1v) is 8.61. The Hall–Kier alpha value is -2.66. The Morgan fingerprint density at radius 3 is 2.44 bits per heavy atom. The maximum Gasteiger partial charge on any atom is 0.253 e. The highest BCUT2D eigenvalue weighted by atomic mass is 16.2. The monoisotopic (exact) mass is 337 g/mol. The van der Waals surface area contributed by atoms with Crippen LogP contribution in [0.2, 0.25) is 0 Å². The minimum Gasteiger partial charge on any atom is -0.349 e. The van der Waals surface area contributed by atoms with Crippen LogP contribution in [0.25, 0.3) is 0 Å². The Kier molecular flexibility index (Phi) is 5.46. The van der Waals surface area contributed by atoms with Crippen molar-refractivity contribution in [2.75, 3.05) is 11.9 Å². The van der Waals surface area contributed by atoms with Crippen LogP contribution in [-0.2, 0) is 4.79 Å². The number of anilines is 1. The Balaban J connectivity index is 1.56. The molecule has 1 aliphatic carbocycles. The smallest absolute Gasteiger partial charge is 0.253 e. The van der Waals surface area contributed by atoms with E-state index in [0.717, 1.165) is 18.4 Å².